The molecule has 0 aromatic rings. The van der Waals surface area contributed by atoms with Gasteiger partial charge in [0.05, 0.1) is 12.8 Å². The molecule has 0 unspecified atom stereocenters. The Bertz CT molecular complexity index is 266. The lowest BCUT2D eigenvalue weighted by molar-refractivity contribution is -0.143. The molecule has 0 aliphatic rings. The number of aliphatic hydroxyl groups is 1. The summed E-state index contributed by atoms with van der Waals surface area (Å²) in [5.41, 5.74) is 0. The van der Waals surface area contributed by atoms with Crippen LogP contribution in [0.2, 0.25) is 0 Å². The monoisotopic (exact) mass is 279 g/mol. The molecule has 112 valence electrons. The van der Waals surface area contributed by atoms with Gasteiger partial charge in [-0.05, 0) is 19.4 Å². The smallest absolute Gasteiger partial charge is 0.320 e. The van der Waals surface area contributed by atoms with E-state index >= 15 is 0 Å². The van der Waals surface area contributed by atoms with E-state index in [1.54, 1.807) is 0 Å². The van der Waals surface area contributed by atoms with E-state index in [1.165, 1.54) is 0 Å². The molecule has 0 rings (SSSR count). The predicted octanol–water partition coefficient (Wildman–Crippen LogP) is -0.243. The summed E-state index contributed by atoms with van der Waals surface area (Å²) in [6, 6.07) is -0.597. The number of carboxylic acid groups (broad SMARTS) is 3. The van der Waals surface area contributed by atoms with Gasteiger partial charge in [-0.1, -0.05) is 6.92 Å². The summed E-state index contributed by atoms with van der Waals surface area (Å²) in [5, 5.41) is 35.6. The van der Waals surface area contributed by atoms with Crippen LogP contribution in [0.4, 0.5) is 0 Å². The van der Waals surface area contributed by atoms with Gasteiger partial charge in [0.2, 0.25) is 0 Å². The van der Waals surface area contributed by atoms with Crippen molar-refractivity contribution in [1.29, 1.82) is 0 Å². The number of aliphatic carboxylic acids is 3. The Labute approximate surface area is 111 Å². The lowest BCUT2D eigenvalue weighted by Gasteiger charge is -2.11. The Balaban J connectivity index is 0. The van der Waals surface area contributed by atoms with E-state index in [0.29, 0.717) is 6.54 Å². The third-order valence-corrected chi connectivity index (χ3v) is 1.91. The minimum absolute atomic E-state index is 0.0896. The third kappa shape index (κ3) is 16.3. The van der Waals surface area contributed by atoms with Crippen LogP contribution >= 0.6 is 0 Å². The van der Waals surface area contributed by atoms with Gasteiger partial charge in [0.25, 0.3) is 0 Å². The van der Waals surface area contributed by atoms with Crippen LogP contribution in [0.1, 0.15) is 32.6 Å². The van der Waals surface area contributed by atoms with Gasteiger partial charge in [0.15, 0.2) is 0 Å². The summed E-state index contributed by atoms with van der Waals surface area (Å²) in [6.45, 7) is 2.55. The standard InChI is InChI=1S/C7H15NO3.C4H6O4/c1-2-4-8-6(3-5-9)7(10)11;5-3(6)1-2-4(7)8/h6,8-9H,2-5H2,1H3,(H,10,11);1-2H2,(H,5,6)(H,7,8)/t6-;/m0./s1. The van der Waals surface area contributed by atoms with Crippen molar-refractivity contribution in [1.82, 2.24) is 5.32 Å². The van der Waals surface area contributed by atoms with Gasteiger partial charge >= 0.3 is 17.9 Å². The fraction of sp³-hybridized carbons (Fsp3) is 0.727. The molecule has 8 nitrogen and oxygen atoms in total. The zero-order valence-corrected chi connectivity index (χ0v) is 10.8. The number of rotatable bonds is 9. The van der Waals surface area contributed by atoms with Crippen molar-refractivity contribution >= 4 is 17.9 Å². The zero-order valence-electron chi connectivity index (χ0n) is 10.8. The predicted molar refractivity (Wildman–Crippen MR) is 65.9 cm³/mol. The molecule has 0 aromatic carbocycles. The highest BCUT2D eigenvalue weighted by molar-refractivity contribution is 5.75. The van der Waals surface area contributed by atoms with Crippen LogP contribution in [-0.2, 0) is 14.4 Å². The number of aliphatic hydroxyl groups excluding tert-OH is 1. The summed E-state index contributed by atoms with van der Waals surface area (Å²) in [5.74, 6) is -3.05. The molecule has 0 bridgehead atoms. The van der Waals surface area contributed by atoms with Crippen molar-refractivity contribution in [2.45, 2.75) is 38.6 Å². The first-order valence-electron chi connectivity index (χ1n) is 5.85. The van der Waals surface area contributed by atoms with E-state index in [1.807, 2.05) is 6.92 Å². The average Bonchev–Trinajstić information content (AvgIpc) is 2.32. The molecule has 0 aliphatic heterocycles. The van der Waals surface area contributed by atoms with Crippen molar-refractivity contribution < 1.29 is 34.8 Å². The second-order valence-corrected chi connectivity index (χ2v) is 3.64. The molecule has 0 spiro atoms. The molecule has 0 heterocycles. The van der Waals surface area contributed by atoms with E-state index in [2.05, 4.69) is 5.32 Å². The zero-order chi connectivity index (χ0) is 15.3. The summed E-state index contributed by atoms with van der Waals surface area (Å²) in [7, 11) is 0. The maximum absolute atomic E-state index is 10.4. The molecule has 0 amide bonds. The van der Waals surface area contributed by atoms with Crippen LogP contribution in [0, 0.1) is 0 Å². The fourth-order valence-corrected chi connectivity index (χ4v) is 0.974. The average molecular weight is 279 g/mol. The molecule has 0 aliphatic carbocycles. The van der Waals surface area contributed by atoms with Crippen LogP contribution in [-0.4, -0.2) is 57.5 Å². The number of nitrogens with one attached hydrogen (secondary N) is 1. The lowest BCUT2D eigenvalue weighted by Crippen LogP contribution is -2.37. The second kappa shape index (κ2) is 12.8. The molecule has 19 heavy (non-hydrogen) atoms. The van der Waals surface area contributed by atoms with Crippen LogP contribution in [0.3, 0.4) is 0 Å². The van der Waals surface area contributed by atoms with Crippen molar-refractivity contribution in [3.8, 4) is 0 Å². The molecule has 0 saturated heterocycles. The van der Waals surface area contributed by atoms with Crippen molar-refractivity contribution in [3.05, 3.63) is 0 Å². The highest BCUT2D eigenvalue weighted by Crippen LogP contribution is 1.90. The highest BCUT2D eigenvalue weighted by atomic mass is 16.4. The Morgan fingerprint density at radius 1 is 1.05 bits per heavy atom. The first-order chi connectivity index (χ1) is 8.84. The molecular weight excluding hydrogens is 258 g/mol. The largest absolute Gasteiger partial charge is 0.481 e. The Morgan fingerprint density at radius 3 is 1.79 bits per heavy atom. The van der Waals surface area contributed by atoms with Gasteiger partial charge in [-0.15, -0.1) is 0 Å². The second-order valence-electron chi connectivity index (χ2n) is 3.64. The maximum atomic E-state index is 10.4. The normalized spacial score (nSPS) is 11.1. The van der Waals surface area contributed by atoms with Gasteiger partial charge in [0, 0.05) is 6.61 Å². The molecule has 5 N–H and O–H groups in total. The Hall–Kier alpha value is -1.67. The summed E-state index contributed by atoms with van der Waals surface area (Å²) >= 11 is 0. The van der Waals surface area contributed by atoms with Crippen LogP contribution in [0.25, 0.3) is 0 Å². The molecule has 8 heteroatoms. The number of hydrogen-bond donors (Lipinski definition) is 5. The third-order valence-electron chi connectivity index (χ3n) is 1.91. The van der Waals surface area contributed by atoms with E-state index in [4.69, 9.17) is 20.4 Å². The fourth-order valence-electron chi connectivity index (χ4n) is 0.974. The van der Waals surface area contributed by atoms with Crippen molar-refractivity contribution in [2.24, 2.45) is 0 Å². The molecule has 0 fully saturated rings. The van der Waals surface area contributed by atoms with E-state index in [-0.39, 0.29) is 25.9 Å². The van der Waals surface area contributed by atoms with Gasteiger partial charge in [-0.25, -0.2) is 0 Å². The molecular formula is C11H21NO7. The van der Waals surface area contributed by atoms with Gasteiger partial charge in [0.1, 0.15) is 6.04 Å². The van der Waals surface area contributed by atoms with Gasteiger partial charge in [-0.3, -0.25) is 14.4 Å². The van der Waals surface area contributed by atoms with Crippen LogP contribution in [0.15, 0.2) is 0 Å². The van der Waals surface area contributed by atoms with Crippen LogP contribution < -0.4 is 5.32 Å². The molecule has 0 radical (unpaired) electrons. The minimum atomic E-state index is -1.08. The number of carbonyl (C=O) groups is 3. The summed E-state index contributed by atoms with van der Waals surface area (Å²) < 4.78 is 0. The number of carboxylic acids is 3. The van der Waals surface area contributed by atoms with Gasteiger partial charge < -0.3 is 25.7 Å². The lowest BCUT2D eigenvalue weighted by atomic mass is 10.2. The SMILES string of the molecule is CCCN[C@@H](CCO)C(=O)O.O=C(O)CCC(=O)O. The molecule has 0 aromatic heterocycles. The minimum Gasteiger partial charge on any atom is -0.481 e. The Kier molecular flexibility index (Phi) is 13.2. The molecule has 1 atom stereocenters. The van der Waals surface area contributed by atoms with E-state index in [0.717, 1.165) is 6.42 Å². The molecule has 0 saturated carbocycles. The summed E-state index contributed by atoms with van der Waals surface area (Å²) in [6.07, 6.45) is 0.579. The quantitative estimate of drug-likeness (QED) is 0.389. The maximum Gasteiger partial charge on any atom is 0.320 e. The summed E-state index contributed by atoms with van der Waals surface area (Å²) in [4.78, 5) is 29.7. The van der Waals surface area contributed by atoms with E-state index in [9.17, 15) is 14.4 Å². The Morgan fingerprint density at radius 2 is 1.53 bits per heavy atom. The van der Waals surface area contributed by atoms with E-state index < -0.39 is 23.9 Å². The van der Waals surface area contributed by atoms with Gasteiger partial charge in [-0.2, -0.15) is 0 Å². The topological polar surface area (TPSA) is 144 Å². The van der Waals surface area contributed by atoms with Crippen molar-refractivity contribution in [2.75, 3.05) is 13.2 Å². The first-order valence-corrected chi connectivity index (χ1v) is 5.85. The van der Waals surface area contributed by atoms with Crippen molar-refractivity contribution in [3.63, 3.8) is 0 Å². The highest BCUT2D eigenvalue weighted by Gasteiger charge is 2.14. The first kappa shape index (κ1) is 19.7. The van der Waals surface area contributed by atoms with Crippen LogP contribution in [0.5, 0.6) is 0 Å². The number of hydrogen-bond acceptors (Lipinski definition) is 5.